The maximum absolute atomic E-state index is 12.6. The van der Waals surface area contributed by atoms with Crippen molar-refractivity contribution in [1.82, 2.24) is 4.90 Å². The van der Waals surface area contributed by atoms with E-state index in [1.54, 1.807) is 0 Å². The van der Waals surface area contributed by atoms with E-state index in [9.17, 15) is 4.79 Å². The van der Waals surface area contributed by atoms with Gasteiger partial charge in [-0.3, -0.25) is 9.69 Å². The second kappa shape index (κ2) is 9.17. The van der Waals surface area contributed by atoms with Crippen molar-refractivity contribution < 1.29 is 4.79 Å². The van der Waals surface area contributed by atoms with Gasteiger partial charge >= 0.3 is 0 Å². The molecule has 2 aromatic carbocycles. The smallest absolute Gasteiger partial charge is 0.238 e. The summed E-state index contributed by atoms with van der Waals surface area (Å²) in [6, 6.07) is 17.8. The Morgan fingerprint density at radius 2 is 1.73 bits per heavy atom. The molecule has 0 spiro atoms. The van der Waals surface area contributed by atoms with Crippen LogP contribution in [-0.2, 0) is 11.3 Å². The average molecular weight is 349 g/mol. The van der Waals surface area contributed by atoms with Crippen molar-refractivity contribution >= 4 is 11.6 Å². The van der Waals surface area contributed by atoms with Gasteiger partial charge in [0.1, 0.15) is 0 Å². The quantitative estimate of drug-likeness (QED) is 0.799. The summed E-state index contributed by atoms with van der Waals surface area (Å²) in [6.45, 7) is 9.40. The molecule has 0 heterocycles. The molecule has 136 valence electrons. The van der Waals surface area contributed by atoms with Gasteiger partial charge in [0.15, 0.2) is 0 Å². The van der Waals surface area contributed by atoms with Crippen LogP contribution in [0.2, 0.25) is 0 Å². The Balaban J connectivity index is 2.05. The first-order valence-corrected chi connectivity index (χ1v) is 9.02. The van der Waals surface area contributed by atoms with E-state index in [2.05, 4.69) is 50.0 Å². The molecule has 2 rings (SSSR count). The maximum Gasteiger partial charge on any atom is 0.238 e. The molecule has 1 amide bonds. The number of hydrogen-bond donors (Lipinski definition) is 1. The molecule has 0 aliphatic heterocycles. The molecule has 26 heavy (non-hydrogen) atoms. The van der Waals surface area contributed by atoms with Crippen molar-refractivity contribution in [3.05, 3.63) is 65.2 Å². The molecule has 1 N–H and O–H groups in total. The lowest BCUT2D eigenvalue weighted by molar-refractivity contribution is -0.117. The Morgan fingerprint density at radius 3 is 2.31 bits per heavy atom. The maximum atomic E-state index is 12.6. The van der Waals surface area contributed by atoms with E-state index in [-0.39, 0.29) is 11.9 Å². The fourth-order valence-electron chi connectivity index (χ4n) is 2.83. The molecule has 0 bridgehead atoms. The number of carbonyl (C=O) groups is 1. The van der Waals surface area contributed by atoms with Gasteiger partial charge in [-0.25, -0.2) is 0 Å². The first kappa shape index (κ1) is 19.7. The summed E-state index contributed by atoms with van der Waals surface area (Å²) in [7, 11) is 0. The molecule has 0 radical (unpaired) electrons. The van der Waals surface area contributed by atoms with E-state index in [0.29, 0.717) is 24.6 Å². The number of amides is 1. The van der Waals surface area contributed by atoms with Crippen LogP contribution < -0.4 is 5.32 Å². The molecule has 0 aromatic heterocycles. The third-order valence-corrected chi connectivity index (χ3v) is 4.40. The Morgan fingerprint density at radius 1 is 1.08 bits per heavy atom. The highest BCUT2D eigenvalue weighted by atomic mass is 16.2. The van der Waals surface area contributed by atoms with Gasteiger partial charge in [0, 0.05) is 18.3 Å². The minimum atomic E-state index is -0.0135. The van der Waals surface area contributed by atoms with Gasteiger partial charge < -0.3 is 5.32 Å². The lowest BCUT2D eigenvalue weighted by atomic mass is 10.0. The summed E-state index contributed by atoms with van der Waals surface area (Å²) in [4.78, 5) is 14.7. The van der Waals surface area contributed by atoms with Crippen LogP contribution in [0.5, 0.6) is 0 Å². The predicted octanol–water partition coefficient (Wildman–Crippen LogP) is 4.53. The highest BCUT2D eigenvalue weighted by molar-refractivity contribution is 5.93. The molecule has 0 aliphatic carbocycles. The Labute approximate surface area is 156 Å². The van der Waals surface area contributed by atoms with E-state index < -0.39 is 0 Å². The van der Waals surface area contributed by atoms with Crippen LogP contribution >= 0.6 is 0 Å². The molecular formula is C22H27N3O. The average Bonchev–Trinajstić information content (AvgIpc) is 2.62. The molecule has 4 nitrogen and oxygen atoms in total. The summed E-state index contributed by atoms with van der Waals surface area (Å²) in [6.07, 6.45) is 0. The largest absolute Gasteiger partial charge is 0.325 e. The molecule has 0 saturated heterocycles. The van der Waals surface area contributed by atoms with Crippen molar-refractivity contribution in [2.24, 2.45) is 0 Å². The Kier molecular flexibility index (Phi) is 6.94. The normalized spacial score (nSPS) is 11.0. The number of anilines is 1. The van der Waals surface area contributed by atoms with Crippen molar-refractivity contribution in [3.8, 4) is 6.07 Å². The summed E-state index contributed by atoms with van der Waals surface area (Å²) >= 11 is 0. The zero-order chi connectivity index (χ0) is 19.1. The van der Waals surface area contributed by atoms with Crippen LogP contribution in [0.1, 0.15) is 50.3 Å². The van der Waals surface area contributed by atoms with Crippen molar-refractivity contribution in [2.75, 3.05) is 11.9 Å². The van der Waals surface area contributed by atoms with Crippen LogP contribution in [0.4, 0.5) is 5.69 Å². The lowest BCUT2D eigenvalue weighted by Gasteiger charge is -2.26. The second-order valence-electron chi connectivity index (χ2n) is 7.10. The van der Waals surface area contributed by atoms with E-state index in [0.717, 1.165) is 16.8 Å². The fraction of sp³-hybridized carbons (Fsp3) is 0.364. The minimum Gasteiger partial charge on any atom is -0.325 e. The van der Waals surface area contributed by atoms with Gasteiger partial charge in [0.05, 0.1) is 18.2 Å². The highest BCUT2D eigenvalue weighted by Crippen LogP contribution is 2.23. The Hall–Kier alpha value is -2.64. The van der Waals surface area contributed by atoms with E-state index >= 15 is 0 Å². The highest BCUT2D eigenvalue weighted by Gasteiger charge is 2.16. The van der Waals surface area contributed by atoms with Crippen LogP contribution in [0.3, 0.4) is 0 Å². The van der Waals surface area contributed by atoms with E-state index in [4.69, 9.17) is 5.26 Å². The monoisotopic (exact) mass is 349 g/mol. The van der Waals surface area contributed by atoms with Crippen LogP contribution in [-0.4, -0.2) is 23.4 Å². The molecule has 0 unspecified atom stereocenters. The van der Waals surface area contributed by atoms with Crippen LogP contribution in [0, 0.1) is 11.3 Å². The number of nitrogens with one attached hydrogen (secondary N) is 1. The molecule has 0 atom stereocenters. The Bertz CT molecular complexity index is 773. The van der Waals surface area contributed by atoms with Gasteiger partial charge in [-0.2, -0.15) is 5.26 Å². The summed E-state index contributed by atoms with van der Waals surface area (Å²) in [5.41, 5.74) is 3.76. The summed E-state index contributed by atoms with van der Waals surface area (Å²) in [5, 5.41) is 12.0. The number of carbonyl (C=O) groups excluding carboxylic acids is 1. The molecule has 0 fully saturated rings. The number of para-hydroxylation sites is 1. The van der Waals surface area contributed by atoms with Crippen LogP contribution in [0.15, 0.2) is 48.5 Å². The first-order valence-electron chi connectivity index (χ1n) is 9.02. The molecule has 0 aliphatic rings. The zero-order valence-corrected chi connectivity index (χ0v) is 16.0. The van der Waals surface area contributed by atoms with Gasteiger partial charge in [-0.1, -0.05) is 44.2 Å². The van der Waals surface area contributed by atoms with Gasteiger partial charge in [0.25, 0.3) is 0 Å². The number of benzene rings is 2. The molecule has 2 aromatic rings. The molecule has 0 saturated carbocycles. The third kappa shape index (κ3) is 5.44. The number of hydrogen-bond acceptors (Lipinski definition) is 3. The topological polar surface area (TPSA) is 56.1 Å². The van der Waals surface area contributed by atoms with Gasteiger partial charge in [0.2, 0.25) is 5.91 Å². The van der Waals surface area contributed by atoms with E-state index in [1.807, 2.05) is 42.5 Å². The minimum absolute atomic E-state index is 0.0135. The summed E-state index contributed by atoms with van der Waals surface area (Å²) < 4.78 is 0. The zero-order valence-electron chi connectivity index (χ0n) is 16.0. The number of nitrogens with zero attached hydrogens (tertiary/aromatic N) is 2. The third-order valence-electron chi connectivity index (χ3n) is 4.40. The molecular weight excluding hydrogens is 322 g/mol. The second-order valence-corrected chi connectivity index (χ2v) is 7.10. The predicted molar refractivity (Wildman–Crippen MR) is 106 cm³/mol. The SMILES string of the molecule is CC(C)c1ccccc1NC(=O)CN(Cc1ccc(C#N)cc1)C(C)C. The number of nitriles is 1. The van der Waals surface area contributed by atoms with Gasteiger partial charge in [-0.05, 0) is 49.1 Å². The van der Waals surface area contributed by atoms with Crippen molar-refractivity contribution in [1.29, 1.82) is 5.26 Å². The van der Waals surface area contributed by atoms with Crippen molar-refractivity contribution in [2.45, 2.75) is 46.2 Å². The van der Waals surface area contributed by atoms with Crippen molar-refractivity contribution in [3.63, 3.8) is 0 Å². The lowest BCUT2D eigenvalue weighted by Crippen LogP contribution is -2.37. The fourth-order valence-corrected chi connectivity index (χ4v) is 2.83. The van der Waals surface area contributed by atoms with Gasteiger partial charge in [-0.15, -0.1) is 0 Å². The standard InChI is InChI=1S/C22H27N3O/c1-16(2)20-7-5-6-8-21(20)24-22(26)15-25(17(3)4)14-19-11-9-18(13-23)10-12-19/h5-12,16-17H,14-15H2,1-4H3,(H,24,26). The summed E-state index contributed by atoms with van der Waals surface area (Å²) in [5.74, 6) is 0.340. The van der Waals surface area contributed by atoms with E-state index in [1.165, 1.54) is 0 Å². The first-order chi connectivity index (χ1) is 12.4. The number of rotatable bonds is 7. The molecule has 4 heteroatoms. The van der Waals surface area contributed by atoms with Crippen LogP contribution in [0.25, 0.3) is 0 Å².